The molecule has 0 aliphatic rings. The fourth-order valence-corrected chi connectivity index (χ4v) is 2.20. The second-order valence-electron chi connectivity index (χ2n) is 4.12. The van der Waals surface area contributed by atoms with Crippen LogP contribution in [0.3, 0.4) is 0 Å². The van der Waals surface area contributed by atoms with E-state index in [4.69, 9.17) is 0 Å². The standard InChI is InChI=1S/C17H15BrN2/c1-3-8-13(9-4-2)15-12-16(18)20-17(19-15)14-10-6-5-7-11-14/h3-12H,1H2,2H3/b9-4-,13-8+. The highest BCUT2D eigenvalue weighted by molar-refractivity contribution is 9.10. The summed E-state index contributed by atoms with van der Waals surface area (Å²) in [5.74, 6) is 0.703. The van der Waals surface area contributed by atoms with Crippen LogP contribution in [-0.2, 0) is 0 Å². The molecule has 0 fully saturated rings. The van der Waals surface area contributed by atoms with Crippen molar-refractivity contribution in [1.82, 2.24) is 9.97 Å². The molecule has 2 aromatic rings. The Bertz CT molecular complexity index is 658. The van der Waals surface area contributed by atoms with Gasteiger partial charge in [-0.25, -0.2) is 9.97 Å². The zero-order valence-corrected chi connectivity index (χ0v) is 12.8. The fourth-order valence-electron chi connectivity index (χ4n) is 1.81. The van der Waals surface area contributed by atoms with Crippen molar-refractivity contribution in [3.05, 3.63) is 77.6 Å². The summed E-state index contributed by atoms with van der Waals surface area (Å²) in [6, 6.07) is 11.8. The van der Waals surface area contributed by atoms with Crippen molar-refractivity contribution >= 4 is 21.5 Å². The molecule has 0 saturated carbocycles. The van der Waals surface area contributed by atoms with E-state index in [1.165, 1.54) is 0 Å². The summed E-state index contributed by atoms with van der Waals surface area (Å²) in [7, 11) is 0. The van der Waals surface area contributed by atoms with E-state index in [1.807, 2.05) is 61.5 Å². The Morgan fingerprint density at radius 3 is 2.60 bits per heavy atom. The lowest BCUT2D eigenvalue weighted by molar-refractivity contribution is 1.13. The molecule has 0 spiro atoms. The maximum absolute atomic E-state index is 4.63. The molecular formula is C17H15BrN2. The van der Waals surface area contributed by atoms with Gasteiger partial charge in [0.25, 0.3) is 0 Å². The number of halogens is 1. The van der Waals surface area contributed by atoms with Gasteiger partial charge in [-0.1, -0.05) is 61.2 Å². The van der Waals surface area contributed by atoms with Crippen LogP contribution in [0.4, 0.5) is 0 Å². The number of hydrogen-bond donors (Lipinski definition) is 0. The molecule has 0 unspecified atom stereocenters. The first-order chi connectivity index (χ1) is 9.74. The molecule has 1 aromatic carbocycles. The predicted molar refractivity (Wildman–Crippen MR) is 88.2 cm³/mol. The summed E-state index contributed by atoms with van der Waals surface area (Å²) in [6.45, 7) is 5.72. The number of benzene rings is 1. The number of nitrogens with zero attached hydrogens (tertiary/aromatic N) is 2. The maximum Gasteiger partial charge on any atom is 0.161 e. The molecule has 0 radical (unpaired) electrons. The van der Waals surface area contributed by atoms with E-state index < -0.39 is 0 Å². The Balaban J connectivity index is 2.54. The molecular weight excluding hydrogens is 312 g/mol. The highest BCUT2D eigenvalue weighted by atomic mass is 79.9. The van der Waals surface area contributed by atoms with Gasteiger partial charge in [0, 0.05) is 5.56 Å². The Hall–Kier alpha value is -2.00. The zero-order valence-electron chi connectivity index (χ0n) is 11.3. The summed E-state index contributed by atoms with van der Waals surface area (Å²) in [6.07, 6.45) is 7.68. The minimum Gasteiger partial charge on any atom is -0.228 e. The van der Waals surface area contributed by atoms with E-state index in [1.54, 1.807) is 6.08 Å². The SMILES string of the molecule is C=C/C=C(\C=C/C)c1cc(Br)nc(-c2ccccc2)n1. The highest BCUT2D eigenvalue weighted by Gasteiger charge is 2.07. The van der Waals surface area contributed by atoms with Crippen LogP contribution in [0.5, 0.6) is 0 Å². The Kier molecular flexibility index (Phi) is 5.02. The minimum absolute atomic E-state index is 0.703. The average Bonchev–Trinajstić information content (AvgIpc) is 2.47. The minimum atomic E-state index is 0.703. The van der Waals surface area contributed by atoms with Gasteiger partial charge in [-0.3, -0.25) is 0 Å². The van der Waals surface area contributed by atoms with Gasteiger partial charge in [0.15, 0.2) is 5.82 Å². The quantitative estimate of drug-likeness (QED) is 0.580. The van der Waals surface area contributed by atoms with E-state index in [9.17, 15) is 0 Å². The molecule has 1 heterocycles. The fraction of sp³-hybridized carbons (Fsp3) is 0.0588. The third-order valence-electron chi connectivity index (χ3n) is 2.67. The van der Waals surface area contributed by atoms with Crippen molar-refractivity contribution in [1.29, 1.82) is 0 Å². The number of hydrogen-bond acceptors (Lipinski definition) is 2. The van der Waals surface area contributed by atoms with E-state index in [0.717, 1.165) is 21.4 Å². The van der Waals surface area contributed by atoms with Crippen LogP contribution in [0.2, 0.25) is 0 Å². The van der Waals surface area contributed by atoms with Gasteiger partial charge in [-0.2, -0.15) is 0 Å². The second kappa shape index (κ2) is 6.96. The van der Waals surface area contributed by atoms with Gasteiger partial charge in [-0.05, 0) is 34.5 Å². The lowest BCUT2D eigenvalue weighted by Gasteiger charge is -2.06. The van der Waals surface area contributed by atoms with E-state index >= 15 is 0 Å². The Labute approximate surface area is 127 Å². The van der Waals surface area contributed by atoms with Crippen LogP contribution in [0.25, 0.3) is 17.0 Å². The Morgan fingerprint density at radius 2 is 1.95 bits per heavy atom. The highest BCUT2D eigenvalue weighted by Crippen LogP contribution is 2.22. The summed E-state index contributed by atoms with van der Waals surface area (Å²) in [5.41, 5.74) is 2.86. The topological polar surface area (TPSA) is 25.8 Å². The van der Waals surface area contributed by atoms with Gasteiger partial charge in [-0.15, -0.1) is 0 Å². The smallest absolute Gasteiger partial charge is 0.161 e. The van der Waals surface area contributed by atoms with Crippen LogP contribution in [-0.4, -0.2) is 9.97 Å². The number of rotatable bonds is 4. The molecule has 0 bridgehead atoms. The first-order valence-electron chi connectivity index (χ1n) is 6.30. The van der Waals surface area contributed by atoms with Crippen LogP contribution in [0.15, 0.2) is 71.9 Å². The third kappa shape index (κ3) is 3.52. The summed E-state index contributed by atoms with van der Waals surface area (Å²) >= 11 is 3.45. The molecule has 20 heavy (non-hydrogen) atoms. The van der Waals surface area contributed by atoms with Crippen LogP contribution >= 0.6 is 15.9 Å². The van der Waals surface area contributed by atoms with Gasteiger partial charge in [0.2, 0.25) is 0 Å². The first kappa shape index (κ1) is 14.4. The van der Waals surface area contributed by atoms with Crippen LogP contribution < -0.4 is 0 Å². The molecule has 0 aliphatic carbocycles. The van der Waals surface area contributed by atoms with E-state index in [2.05, 4.69) is 32.5 Å². The predicted octanol–water partition coefficient (Wildman–Crippen LogP) is 5.05. The van der Waals surface area contributed by atoms with Crippen molar-refractivity contribution in [2.24, 2.45) is 0 Å². The molecule has 0 atom stereocenters. The van der Waals surface area contributed by atoms with Crippen molar-refractivity contribution in [3.8, 4) is 11.4 Å². The van der Waals surface area contributed by atoms with Gasteiger partial charge in [0.1, 0.15) is 4.60 Å². The van der Waals surface area contributed by atoms with Crippen LogP contribution in [0, 0.1) is 0 Å². The zero-order chi connectivity index (χ0) is 14.4. The molecule has 0 N–H and O–H groups in total. The third-order valence-corrected chi connectivity index (χ3v) is 3.07. The van der Waals surface area contributed by atoms with E-state index in [0.29, 0.717) is 5.82 Å². The lowest BCUT2D eigenvalue weighted by atomic mass is 10.1. The summed E-state index contributed by atoms with van der Waals surface area (Å²) < 4.78 is 0.765. The van der Waals surface area contributed by atoms with Crippen molar-refractivity contribution < 1.29 is 0 Å². The van der Waals surface area contributed by atoms with Crippen molar-refractivity contribution in [2.75, 3.05) is 0 Å². The normalized spacial score (nSPS) is 11.8. The average molecular weight is 327 g/mol. The first-order valence-corrected chi connectivity index (χ1v) is 7.09. The summed E-state index contributed by atoms with van der Waals surface area (Å²) in [4.78, 5) is 9.07. The largest absolute Gasteiger partial charge is 0.228 e. The molecule has 100 valence electrons. The van der Waals surface area contributed by atoms with E-state index in [-0.39, 0.29) is 0 Å². The summed E-state index contributed by atoms with van der Waals surface area (Å²) in [5, 5.41) is 0. The lowest BCUT2D eigenvalue weighted by Crippen LogP contribution is -1.95. The molecule has 0 amide bonds. The molecule has 1 aromatic heterocycles. The van der Waals surface area contributed by atoms with Gasteiger partial charge >= 0.3 is 0 Å². The molecule has 0 saturated heterocycles. The molecule has 2 rings (SSSR count). The van der Waals surface area contributed by atoms with Crippen molar-refractivity contribution in [3.63, 3.8) is 0 Å². The molecule has 2 nitrogen and oxygen atoms in total. The Morgan fingerprint density at radius 1 is 1.20 bits per heavy atom. The number of aromatic nitrogens is 2. The van der Waals surface area contributed by atoms with Crippen molar-refractivity contribution in [2.45, 2.75) is 6.92 Å². The van der Waals surface area contributed by atoms with Crippen LogP contribution in [0.1, 0.15) is 12.6 Å². The maximum atomic E-state index is 4.63. The number of allylic oxidation sites excluding steroid dienone is 5. The monoisotopic (exact) mass is 326 g/mol. The van der Waals surface area contributed by atoms with Gasteiger partial charge in [0.05, 0.1) is 5.69 Å². The molecule has 3 heteroatoms. The van der Waals surface area contributed by atoms with Gasteiger partial charge < -0.3 is 0 Å². The second-order valence-corrected chi connectivity index (χ2v) is 4.94. The molecule has 0 aliphatic heterocycles.